The smallest absolute Gasteiger partial charge is 0.239 e. The number of amides is 1. The van der Waals surface area contributed by atoms with Gasteiger partial charge in [-0.3, -0.25) is 4.79 Å². The van der Waals surface area contributed by atoms with E-state index in [0.29, 0.717) is 13.1 Å². The van der Waals surface area contributed by atoms with E-state index < -0.39 is 0 Å². The van der Waals surface area contributed by atoms with Crippen molar-refractivity contribution in [2.75, 3.05) is 11.9 Å². The van der Waals surface area contributed by atoms with E-state index >= 15 is 0 Å². The average Bonchev–Trinajstić information content (AvgIpc) is 2.53. The summed E-state index contributed by atoms with van der Waals surface area (Å²) >= 11 is 0. The number of hydrogen-bond acceptors (Lipinski definition) is 2. The second-order valence-corrected chi connectivity index (χ2v) is 5.06. The Morgan fingerprint density at radius 1 is 0.952 bits per heavy atom. The van der Waals surface area contributed by atoms with Gasteiger partial charge in [-0.05, 0) is 29.7 Å². The monoisotopic (exact) mass is 282 g/mol. The summed E-state index contributed by atoms with van der Waals surface area (Å²) in [6.07, 6.45) is 2.24. The summed E-state index contributed by atoms with van der Waals surface area (Å²) in [6, 6.07) is 18.2. The fourth-order valence-corrected chi connectivity index (χ4v) is 2.12. The maximum absolute atomic E-state index is 11.8. The van der Waals surface area contributed by atoms with Crippen LogP contribution in [0.2, 0.25) is 0 Å². The molecule has 0 fully saturated rings. The Bertz CT molecular complexity index is 549. The molecule has 0 aliphatic rings. The number of nitrogens with one attached hydrogen (secondary N) is 2. The van der Waals surface area contributed by atoms with Crippen LogP contribution in [0.4, 0.5) is 5.69 Å². The first-order chi connectivity index (χ1) is 10.3. The maximum atomic E-state index is 11.8. The average molecular weight is 282 g/mol. The molecule has 2 aromatic carbocycles. The summed E-state index contributed by atoms with van der Waals surface area (Å²) in [6.45, 7) is 3.03. The molecule has 0 aromatic heterocycles. The summed E-state index contributed by atoms with van der Waals surface area (Å²) in [4.78, 5) is 11.8. The topological polar surface area (TPSA) is 41.1 Å². The van der Waals surface area contributed by atoms with E-state index in [9.17, 15) is 4.79 Å². The number of aryl methyl sites for hydroxylation is 1. The van der Waals surface area contributed by atoms with Crippen molar-refractivity contribution in [3.8, 4) is 0 Å². The molecule has 0 heterocycles. The van der Waals surface area contributed by atoms with E-state index in [1.54, 1.807) is 0 Å². The lowest BCUT2D eigenvalue weighted by molar-refractivity contribution is -0.119. The molecule has 0 aliphatic carbocycles. The molecular formula is C18H22N2O. The maximum Gasteiger partial charge on any atom is 0.239 e. The van der Waals surface area contributed by atoms with Crippen LogP contribution < -0.4 is 10.6 Å². The molecule has 0 atom stereocenters. The molecule has 0 radical (unpaired) electrons. The summed E-state index contributed by atoms with van der Waals surface area (Å²) in [7, 11) is 0. The molecule has 0 bridgehead atoms. The molecule has 0 unspecified atom stereocenters. The fraction of sp³-hybridized carbons (Fsp3) is 0.278. The second kappa shape index (κ2) is 8.10. The van der Waals surface area contributed by atoms with Gasteiger partial charge in [0, 0.05) is 12.2 Å². The molecule has 2 N–H and O–H groups in total. The number of anilines is 1. The van der Waals surface area contributed by atoms with Crippen molar-refractivity contribution >= 4 is 11.6 Å². The van der Waals surface area contributed by atoms with Crippen molar-refractivity contribution in [2.24, 2.45) is 0 Å². The van der Waals surface area contributed by atoms with E-state index in [2.05, 4.69) is 29.7 Å². The van der Waals surface area contributed by atoms with Crippen LogP contribution in [0.1, 0.15) is 24.5 Å². The normalized spacial score (nSPS) is 10.1. The first-order valence-electron chi connectivity index (χ1n) is 7.41. The first-order valence-corrected chi connectivity index (χ1v) is 7.41. The molecule has 21 heavy (non-hydrogen) atoms. The highest BCUT2D eigenvalue weighted by Crippen LogP contribution is 2.10. The molecule has 2 rings (SSSR count). The molecule has 110 valence electrons. The quantitative estimate of drug-likeness (QED) is 0.817. The molecule has 3 nitrogen and oxygen atoms in total. The van der Waals surface area contributed by atoms with Gasteiger partial charge in [-0.1, -0.05) is 55.8 Å². The number of hydrogen-bond donors (Lipinski definition) is 2. The predicted octanol–water partition coefficient (Wildman–Crippen LogP) is 3.37. The van der Waals surface area contributed by atoms with Crippen LogP contribution in [0.5, 0.6) is 0 Å². The van der Waals surface area contributed by atoms with Gasteiger partial charge in [0.2, 0.25) is 5.91 Å². The van der Waals surface area contributed by atoms with Gasteiger partial charge in [-0.2, -0.15) is 0 Å². The van der Waals surface area contributed by atoms with Gasteiger partial charge in [0.1, 0.15) is 0 Å². The fourth-order valence-electron chi connectivity index (χ4n) is 2.12. The van der Waals surface area contributed by atoms with Crippen LogP contribution in [-0.2, 0) is 17.8 Å². The number of rotatable bonds is 7. The van der Waals surface area contributed by atoms with Crippen molar-refractivity contribution < 1.29 is 4.79 Å². The standard InChI is InChI=1S/C18H22N2O/c1-2-6-15-9-11-17(12-10-15)19-14-18(21)20-13-16-7-4-3-5-8-16/h3-5,7-12,19H,2,6,13-14H2,1H3,(H,20,21). The Labute approximate surface area is 126 Å². The third-order valence-corrected chi connectivity index (χ3v) is 3.28. The van der Waals surface area contributed by atoms with Crippen LogP contribution in [0, 0.1) is 0 Å². The van der Waals surface area contributed by atoms with Gasteiger partial charge >= 0.3 is 0 Å². The predicted molar refractivity (Wildman–Crippen MR) is 87.2 cm³/mol. The Hall–Kier alpha value is -2.29. The van der Waals surface area contributed by atoms with Crippen LogP contribution in [0.25, 0.3) is 0 Å². The van der Waals surface area contributed by atoms with E-state index in [1.807, 2.05) is 42.5 Å². The molecule has 1 amide bonds. The van der Waals surface area contributed by atoms with Gasteiger partial charge in [-0.25, -0.2) is 0 Å². The van der Waals surface area contributed by atoms with Crippen molar-refractivity contribution in [3.05, 3.63) is 65.7 Å². The third-order valence-electron chi connectivity index (χ3n) is 3.28. The van der Waals surface area contributed by atoms with Gasteiger partial charge < -0.3 is 10.6 Å². The molecule has 0 saturated carbocycles. The summed E-state index contributed by atoms with van der Waals surface area (Å²) < 4.78 is 0. The lowest BCUT2D eigenvalue weighted by Crippen LogP contribution is -2.29. The highest BCUT2D eigenvalue weighted by atomic mass is 16.1. The molecular weight excluding hydrogens is 260 g/mol. The zero-order chi connectivity index (χ0) is 14.9. The minimum atomic E-state index is -0.00325. The van der Waals surface area contributed by atoms with E-state index in [0.717, 1.165) is 24.1 Å². The summed E-state index contributed by atoms with van der Waals surface area (Å²) in [5.41, 5.74) is 3.41. The van der Waals surface area contributed by atoms with Crippen LogP contribution in [0.15, 0.2) is 54.6 Å². The molecule has 2 aromatic rings. The van der Waals surface area contributed by atoms with E-state index in [1.165, 1.54) is 5.56 Å². The Morgan fingerprint density at radius 3 is 2.33 bits per heavy atom. The first kappa shape index (κ1) is 15.1. The SMILES string of the molecule is CCCc1ccc(NCC(=O)NCc2ccccc2)cc1. The van der Waals surface area contributed by atoms with E-state index in [-0.39, 0.29) is 5.91 Å². The molecule has 0 spiro atoms. The van der Waals surface area contributed by atoms with Crippen molar-refractivity contribution in [3.63, 3.8) is 0 Å². The van der Waals surface area contributed by atoms with Crippen molar-refractivity contribution in [1.82, 2.24) is 5.32 Å². The van der Waals surface area contributed by atoms with E-state index in [4.69, 9.17) is 0 Å². The van der Waals surface area contributed by atoms with Gasteiger partial charge in [0.15, 0.2) is 0 Å². The largest absolute Gasteiger partial charge is 0.376 e. The molecule has 3 heteroatoms. The number of carbonyl (C=O) groups is 1. The molecule has 0 aliphatic heterocycles. The lowest BCUT2D eigenvalue weighted by atomic mass is 10.1. The number of carbonyl (C=O) groups excluding carboxylic acids is 1. The van der Waals surface area contributed by atoms with Crippen molar-refractivity contribution in [1.29, 1.82) is 0 Å². The highest BCUT2D eigenvalue weighted by Gasteiger charge is 2.01. The Balaban J connectivity index is 1.73. The lowest BCUT2D eigenvalue weighted by Gasteiger charge is -2.08. The van der Waals surface area contributed by atoms with Crippen LogP contribution >= 0.6 is 0 Å². The van der Waals surface area contributed by atoms with Crippen molar-refractivity contribution in [2.45, 2.75) is 26.3 Å². The zero-order valence-corrected chi connectivity index (χ0v) is 12.4. The third kappa shape index (κ3) is 5.30. The van der Waals surface area contributed by atoms with Gasteiger partial charge in [0.05, 0.1) is 6.54 Å². The summed E-state index contributed by atoms with van der Waals surface area (Å²) in [5, 5.41) is 6.04. The Morgan fingerprint density at radius 2 is 1.67 bits per heavy atom. The highest BCUT2D eigenvalue weighted by molar-refractivity contribution is 5.80. The zero-order valence-electron chi connectivity index (χ0n) is 12.4. The van der Waals surface area contributed by atoms with Gasteiger partial charge in [0.25, 0.3) is 0 Å². The van der Waals surface area contributed by atoms with Crippen LogP contribution in [-0.4, -0.2) is 12.5 Å². The van der Waals surface area contributed by atoms with Gasteiger partial charge in [-0.15, -0.1) is 0 Å². The molecule has 0 saturated heterocycles. The number of benzene rings is 2. The minimum Gasteiger partial charge on any atom is -0.376 e. The second-order valence-electron chi connectivity index (χ2n) is 5.06. The van der Waals surface area contributed by atoms with Crippen LogP contribution in [0.3, 0.4) is 0 Å². The minimum absolute atomic E-state index is 0.00325. The Kier molecular flexibility index (Phi) is 5.83. The summed E-state index contributed by atoms with van der Waals surface area (Å²) in [5.74, 6) is -0.00325.